The molecule has 37 heavy (non-hydrogen) atoms. The van der Waals surface area contributed by atoms with Gasteiger partial charge in [0.05, 0.1) is 28.9 Å². The zero-order chi connectivity index (χ0) is 26.2. The van der Waals surface area contributed by atoms with Crippen molar-refractivity contribution >= 4 is 49.0 Å². The third-order valence-electron chi connectivity index (χ3n) is 6.14. The second-order valence-electron chi connectivity index (χ2n) is 8.65. The van der Waals surface area contributed by atoms with Crippen molar-refractivity contribution in [3.05, 3.63) is 72.7 Å². The van der Waals surface area contributed by atoms with E-state index in [4.69, 9.17) is 4.74 Å². The number of aromatic nitrogens is 4. The van der Waals surface area contributed by atoms with Gasteiger partial charge in [0.15, 0.2) is 9.84 Å². The van der Waals surface area contributed by atoms with Crippen molar-refractivity contribution in [1.82, 2.24) is 19.7 Å². The average molecular weight is 516 g/mol. The van der Waals surface area contributed by atoms with Crippen LogP contribution in [0.25, 0.3) is 32.9 Å². The number of rotatable bonds is 7. The summed E-state index contributed by atoms with van der Waals surface area (Å²) in [6, 6.07) is 14.3. The van der Waals surface area contributed by atoms with E-state index in [-0.39, 0.29) is 17.4 Å². The van der Waals surface area contributed by atoms with Crippen molar-refractivity contribution in [2.45, 2.75) is 25.3 Å². The van der Waals surface area contributed by atoms with Crippen molar-refractivity contribution in [3.63, 3.8) is 0 Å². The molecule has 0 amide bonds. The van der Waals surface area contributed by atoms with Gasteiger partial charge in [-0.25, -0.2) is 13.4 Å². The summed E-state index contributed by atoms with van der Waals surface area (Å²) in [6.45, 7) is 4.16. The number of sulfone groups is 1. The molecule has 5 aromatic rings. The number of benzene rings is 2. The molecule has 188 valence electrons. The van der Waals surface area contributed by atoms with Crippen molar-refractivity contribution in [1.29, 1.82) is 0 Å². The average Bonchev–Trinajstić information content (AvgIpc) is 3.27. The fourth-order valence-corrected chi connectivity index (χ4v) is 4.92. The molecule has 0 atom stereocenters. The Morgan fingerprint density at radius 1 is 1.03 bits per heavy atom. The summed E-state index contributed by atoms with van der Waals surface area (Å²) in [5.41, 5.74) is 4.30. The van der Waals surface area contributed by atoms with Gasteiger partial charge in [-0.2, -0.15) is 5.10 Å². The molecule has 1 N–H and O–H groups in total. The van der Waals surface area contributed by atoms with Crippen LogP contribution in [0, 0.1) is 6.92 Å². The van der Waals surface area contributed by atoms with E-state index < -0.39 is 9.84 Å². The van der Waals surface area contributed by atoms with Crippen LogP contribution in [0.3, 0.4) is 0 Å². The summed E-state index contributed by atoms with van der Waals surface area (Å²) in [4.78, 5) is 21.4. The van der Waals surface area contributed by atoms with Gasteiger partial charge in [0, 0.05) is 46.1 Å². The highest BCUT2D eigenvalue weighted by Gasteiger charge is 2.15. The minimum absolute atomic E-state index is 0.0501. The number of carbonyl (C=O) groups excluding carboxylic acids is 1. The predicted molar refractivity (Wildman–Crippen MR) is 142 cm³/mol. The van der Waals surface area contributed by atoms with E-state index in [0.29, 0.717) is 12.4 Å². The Bertz CT molecular complexity index is 1740. The Kier molecular flexibility index (Phi) is 6.34. The molecule has 0 aliphatic rings. The van der Waals surface area contributed by atoms with Crippen LogP contribution in [-0.4, -0.2) is 47.0 Å². The number of nitrogens with zero attached hydrogens (tertiary/aromatic N) is 4. The number of esters is 1. The van der Waals surface area contributed by atoms with Crippen molar-refractivity contribution in [2.24, 2.45) is 0 Å². The van der Waals surface area contributed by atoms with Gasteiger partial charge in [0.25, 0.3) is 0 Å². The van der Waals surface area contributed by atoms with Crippen LogP contribution in [-0.2, 0) is 25.9 Å². The first-order valence-corrected chi connectivity index (χ1v) is 13.6. The Hall–Kier alpha value is -4.31. The van der Waals surface area contributed by atoms with E-state index in [1.54, 1.807) is 54.5 Å². The first kappa shape index (κ1) is 24.4. The standard InChI is InChI=1S/C27H25N5O4S/c1-4-36-26(33)16-32-24-10-9-21(17(2)23(24)15-30-32)27-22-13-25(29-14-18(22)11-12-28-27)31-19-5-7-20(8-6-19)37(3,34)35/h5-15H,4,16H2,1-3H3,(H,29,31). The lowest BCUT2D eigenvalue weighted by Gasteiger charge is -2.12. The summed E-state index contributed by atoms with van der Waals surface area (Å²) in [6.07, 6.45) is 6.47. The fraction of sp³-hybridized carbons (Fsp3) is 0.185. The quantitative estimate of drug-likeness (QED) is 0.311. The minimum Gasteiger partial charge on any atom is -0.465 e. The largest absolute Gasteiger partial charge is 0.465 e. The predicted octanol–water partition coefficient (Wildman–Crippen LogP) is 4.67. The number of nitrogens with one attached hydrogen (secondary N) is 1. The lowest BCUT2D eigenvalue weighted by molar-refractivity contribution is -0.143. The number of fused-ring (bicyclic) bond motifs is 2. The van der Waals surface area contributed by atoms with Gasteiger partial charge in [0.2, 0.25) is 0 Å². The van der Waals surface area contributed by atoms with Gasteiger partial charge in [-0.3, -0.25) is 14.5 Å². The number of anilines is 2. The van der Waals surface area contributed by atoms with Crippen LogP contribution in [0.15, 0.2) is 72.0 Å². The molecule has 0 aliphatic carbocycles. The molecule has 0 unspecified atom stereocenters. The van der Waals surface area contributed by atoms with E-state index in [1.807, 2.05) is 31.2 Å². The molecule has 0 radical (unpaired) electrons. The van der Waals surface area contributed by atoms with Crippen LogP contribution in [0.4, 0.5) is 11.5 Å². The van der Waals surface area contributed by atoms with Gasteiger partial charge in [0.1, 0.15) is 12.4 Å². The maximum absolute atomic E-state index is 12.0. The van der Waals surface area contributed by atoms with Crippen LogP contribution < -0.4 is 5.32 Å². The van der Waals surface area contributed by atoms with E-state index in [2.05, 4.69) is 20.4 Å². The number of pyridine rings is 2. The Labute approximate surface area is 214 Å². The first-order chi connectivity index (χ1) is 17.7. The normalized spacial score (nSPS) is 11.6. The van der Waals surface area contributed by atoms with Gasteiger partial charge in [-0.05, 0) is 61.9 Å². The molecule has 2 aromatic carbocycles. The van der Waals surface area contributed by atoms with E-state index in [1.165, 1.54) is 6.26 Å². The maximum Gasteiger partial charge on any atom is 0.327 e. The highest BCUT2D eigenvalue weighted by atomic mass is 32.2. The van der Waals surface area contributed by atoms with Gasteiger partial charge >= 0.3 is 5.97 Å². The number of ether oxygens (including phenoxy) is 1. The Morgan fingerprint density at radius 2 is 1.81 bits per heavy atom. The second-order valence-corrected chi connectivity index (χ2v) is 10.7. The van der Waals surface area contributed by atoms with Crippen LogP contribution in [0.2, 0.25) is 0 Å². The molecule has 0 fully saturated rings. The van der Waals surface area contributed by atoms with Crippen molar-refractivity contribution < 1.29 is 17.9 Å². The van der Waals surface area contributed by atoms with E-state index in [9.17, 15) is 13.2 Å². The molecule has 0 saturated heterocycles. The molecule has 0 bridgehead atoms. The van der Waals surface area contributed by atoms with Gasteiger partial charge < -0.3 is 10.1 Å². The van der Waals surface area contributed by atoms with Crippen molar-refractivity contribution in [2.75, 3.05) is 18.2 Å². The Morgan fingerprint density at radius 3 is 2.54 bits per heavy atom. The number of hydrogen-bond donors (Lipinski definition) is 1. The summed E-state index contributed by atoms with van der Waals surface area (Å²) in [5, 5.41) is 10.4. The molecule has 5 rings (SSSR count). The first-order valence-electron chi connectivity index (χ1n) is 11.7. The smallest absolute Gasteiger partial charge is 0.327 e. The summed E-state index contributed by atoms with van der Waals surface area (Å²) in [7, 11) is -3.27. The molecule has 0 saturated carbocycles. The second kappa shape index (κ2) is 9.62. The van der Waals surface area contributed by atoms with E-state index in [0.717, 1.165) is 44.2 Å². The molecule has 0 aliphatic heterocycles. The maximum atomic E-state index is 12.0. The summed E-state index contributed by atoms with van der Waals surface area (Å²) < 4.78 is 30.2. The highest BCUT2D eigenvalue weighted by Crippen LogP contribution is 2.34. The SMILES string of the molecule is CCOC(=O)Cn1ncc2c(C)c(-c3nccc4cnc(Nc5ccc(S(C)(=O)=O)cc5)cc34)ccc21. The lowest BCUT2D eigenvalue weighted by atomic mass is 9.98. The zero-order valence-electron chi connectivity index (χ0n) is 20.6. The minimum atomic E-state index is -3.27. The summed E-state index contributed by atoms with van der Waals surface area (Å²) >= 11 is 0. The number of carbonyl (C=O) groups is 1. The number of aryl methyl sites for hydroxylation is 1. The van der Waals surface area contributed by atoms with E-state index >= 15 is 0 Å². The molecule has 10 heteroatoms. The van der Waals surface area contributed by atoms with Crippen molar-refractivity contribution in [3.8, 4) is 11.3 Å². The Balaban J connectivity index is 1.51. The number of hydrogen-bond acceptors (Lipinski definition) is 8. The fourth-order valence-electron chi connectivity index (χ4n) is 4.29. The molecular formula is C27H25N5O4S. The highest BCUT2D eigenvalue weighted by molar-refractivity contribution is 7.90. The zero-order valence-corrected chi connectivity index (χ0v) is 21.4. The van der Waals surface area contributed by atoms with Crippen LogP contribution in [0.1, 0.15) is 12.5 Å². The molecule has 3 heterocycles. The monoisotopic (exact) mass is 515 g/mol. The topological polar surface area (TPSA) is 116 Å². The lowest BCUT2D eigenvalue weighted by Crippen LogP contribution is -2.14. The third-order valence-corrected chi connectivity index (χ3v) is 7.27. The molecule has 0 spiro atoms. The molecule has 9 nitrogen and oxygen atoms in total. The van der Waals surface area contributed by atoms with Gasteiger partial charge in [-0.15, -0.1) is 0 Å². The summed E-state index contributed by atoms with van der Waals surface area (Å²) in [5.74, 6) is 0.276. The van der Waals surface area contributed by atoms with Gasteiger partial charge in [-0.1, -0.05) is 6.07 Å². The molecule has 3 aromatic heterocycles. The molecular weight excluding hydrogens is 490 g/mol. The third kappa shape index (κ3) is 4.88. The van der Waals surface area contributed by atoms with Crippen LogP contribution >= 0.6 is 0 Å². The van der Waals surface area contributed by atoms with Crippen LogP contribution in [0.5, 0.6) is 0 Å².